The third-order valence-corrected chi connectivity index (χ3v) is 5.51. The molecule has 130 valence electrons. The van der Waals surface area contributed by atoms with Crippen molar-refractivity contribution in [3.8, 4) is 0 Å². The van der Waals surface area contributed by atoms with Gasteiger partial charge in [0.1, 0.15) is 11.9 Å². The van der Waals surface area contributed by atoms with Crippen LogP contribution in [0.3, 0.4) is 0 Å². The Morgan fingerprint density at radius 3 is 2.79 bits per heavy atom. The first-order valence-corrected chi connectivity index (χ1v) is 9.33. The van der Waals surface area contributed by atoms with Crippen LogP contribution in [0.4, 0.5) is 9.52 Å². The second-order valence-electron chi connectivity index (χ2n) is 6.29. The fourth-order valence-corrected chi connectivity index (χ4v) is 4.05. The van der Waals surface area contributed by atoms with Crippen LogP contribution in [-0.2, 0) is 11.2 Å². The maximum absolute atomic E-state index is 13.9. The fourth-order valence-electron chi connectivity index (χ4n) is 3.21. The molecule has 0 bridgehead atoms. The maximum Gasteiger partial charge on any atom is 0.205 e. The largest absolute Gasteiger partial charge is 0.374 e. The van der Waals surface area contributed by atoms with Crippen LogP contribution < -0.4 is 4.90 Å². The zero-order valence-corrected chi connectivity index (χ0v) is 15.1. The molecule has 0 N–H and O–H groups in total. The van der Waals surface area contributed by atoms with Gasteiger partial charge >= 0.3 is 0 Å². The number of nitrogens with zero attached hydrogens (tertiary/aromatic N) is 3. The molecule has 1 heterocycles. The standard InChI is InChI=1S/C18H24FN3OS/c1-13(23-2)17-20-18(24-21-17)22(15-8-4-5-9-15)12-11-14-7-3-6-10-16(14)19/h3,6-7,10,13,15H,4-5,8-9,11-12H2,1-2H3/t13-/m1/s1. The summed E-state index contributed by atoms with van der Waals surface area (Å²) in [5.74, 6) is 0.598. The Bertz CT molecular complexity index is 657. The molecule has 6 heteroatoms. The summed E-state index contributed by atoms with van der Waals surface area (Å²) in [5.41, 5.74) is 0.760. The van der Waals surface area contributed by atoms with E-state index in [1.165, 1.54) is 43.3 Å². The van der Waals surface area contributed by atoms with Crippen LogP contribution >= 0.6 is 11.5 Å². The highest BCUT2D eigenvalue weighted by Crippen LogP contribution is 2.30. The summed E-state index contributed by atoms with van der Waals surface area (Å²) >= 11 is 1.42. The number of hydrogen-bond donors (Lipinski definition) is 0. The second kappa shape index (κ2) is 8.03. The number of benzene rings is 1. The molecule has 0 unspecified atom stereocenters. The topological polar surface area (TPSA) is 38.2 Å². The summed E-state index contributed by atoms with van der Waals surface area (Å²) in [4.78, 5) is 7.00. The van der Waals surface area contributed by atoms with Gasteiger partial charge in [-0.1, -0.05) is 31.0 Å². The lowest BCUT2D eigenvalue weighted by Crippen LogP contribution is -2.35. The van der Waals surface area contributed by atoms with Gasteiger partial charge in [0.15, 0.2) is 5.82 Å². The first-order chi connectivity index (χ1) is 11.7. The highest BCUT2D eigenvalue weighted by molar-refractivity contribution is 7.09. The minimum Gasteiger partial charge on any atom is -0.374 e. The van der Waals surface area contributed by atoms with E-state index < -0.39 is 0 Å². The van der Waals surface area contributed by atoms with Gasteiger partial charge in [-0.2, -0.15) is 4.37 Å². The predicted molar refractivity (Wildman–Crippen MR) is 95.0 cm³/mol. The molecule has 1 aromatic carbocycles. The molecule has 3 rings (SSSR count). The highest BCUT2D eigenvalue weighted by atomic mass is 32.1. The summed E-state index contributed by atoms with van der Waals surface area (Å²) < 4.78 is 23.7. The number of ether oxygens (including phenoxy) is 1. The molecule has 1 aromatic heterocycles. The molecular formula is C18H24FN3OS. The molecule has 0 radical (unpaired) electrons. The molecule has 0 saturated heterocycles. The molecule has 0 amide bonds. The molecule has 1 saturated carbocycles. The lowest BCUT2D eigenvalue weighted by molar-refractivity contribution is 0.113. The molecule has 2 aromatic rings. The van der Waals surface area contributed by atoms with Crippen molar-refractivity contribution in [1.82, 2.24) is 9.36 Å². The summed E-state index contributed by atoms with van der Waals surface area (Å²) in [6.45, 7) is 2.71. The Kier molecular flexibility index (Phi) is 5.79. The molecule has 0 aliphatic heterocycles. The smallest absolute Gasteiger partial charge is 0.205 e. The number of halogens is 1. The van der Waals surface area contributed by atoms with E-state index in [0.29, 0.717) is 12.5 Å². The fraction of sp³-hybridized carbons (Fsp3) is 0.556. The quantitative estimate of drug-likeness (QED) is 0.744. The van der Waals surface area contributed by atoms with Gasteiger partial charge in [0.05, 0.1) is 0 Å². The van der Waals surface area contributed by atoms with Crippen LogP contribution in [0.2, 0.25) is 0 Å². The Morgan fingerprint density at radius 2 is 2.08 bits per heavy atom. The van der Waals surface area contributed by atoms with Crippen LogP contribution in [0, 0.1) is 5.82 Å². The van der Waals surface area contributed by atoms with Crippen molar-refractivity contribution in [1.29, 1.82) is 0 Å². The molecule has 1 atom stereocenters. The van der Waals surface area contributed by atoms with Crippen molar-refractivity contribution in [3.05, 3.63) is 41.5 Å². The number of anilines is 1. The molecule has 1 aliphatic carbocycles. The zero-order valence-electron chi connectivity index (χ0n) is 14.2. The van der Waals surface area contributed by atoms with Gasteiger partial charge in [0.25, 0.3) is 0 Å². The predicted octanol–water partition coefficient (Wildman–Crippen LogP) is 4.38. The Labute approximate surface area is 146 Å². The van der Waals surface area contributed by atoms with Crippen LogP contribution in [0.15, 0.2) is 24.3 Å². The van der Waals surface area contributed by atoms with Gasteiger partial charge in [0.2, 0.25) is 5.13 Å². The van der Waals surface area contributed by atoms with E-state index >= 15 is 0 Å². The minimum absolute atomic E-state index is 0.105. The van der Waals surface area contributed by atoms with Gasteiger partial charge in [-0.05, 0) is 37.8 Å². The molecular weight excluding hydrogens is 325 g/mol. The lowest BCUT2D eigenvalue weighted by Gasteiger charge is -2.28. The average molecular weight is 349 g/mol. The highest BCUT2D eigenvalue weighted by Gasteiger charge is 2.26. The third kappa shape index (κ3) is 3.92. The van der Waals surface area contributed by atoms with E-state index in [9.17, 15) is 4.39 Å². The van der Waals surface area contributed by atoms with Crippen molar-refractivity contribution in [2.75, 3.05) is 18.6 Å². The van der Waals surface area contributed by atoms with Gasteiger partial charge in [-0.15, -0.1) is 0 Å². The van der Waals surface area contributed by atoms with Gasteiger partial charge < -0.3 is 9.64 Å². The van der Waals surface area contributed by atoms with Crippen molar-refractivity contribution in [2.24, 2.45) is 0 Å². The summed E-state index contributed by atoms with van der Waals surface area (Å²) in [5, 5.41) is 0.928. The van der Waals surface area contributed by atoms with E-state index in [1.54, 1.807) is 13.2 Å². The Hall–Kier alpha value is -1.53. The van der Waals surface area contributed by atoms with Crippen molar-refractivity contribution >= 4 is 16.7 Å². The van der Waals surface area contributed by atoms with Crippen molar-refractivity contribution in [3.63, 3.8) is 0 Å². The third-order valence-electron chi connectivity index (χ3n) is 4.74. The van der Waals surface area contributed by atoms with Crippen LogP contribution in [-0.4, -0.2) is 29.1 Å². The van der Waals surface area contributed by atoms with E-state index in [2.05, 4.69) is 14.3 Å². The maximum atomic E-state index is 13.9. The minimum atomic E-state index is -0.130. The van der Waals surface area contributed by atoms with Crippen molar-refractivity contribution in [2.45, 2.75) is 51.2 Å². The van der Waals surface area contributed by atoms with Gasteiger partial charge in [0, 0.05) is 31.2 Å². The summed E-state index contributed by atoms with van der Waals surface area (Å²) in [6.07, 6.45) is 5.42. The monoisotopic (exact) mass is 349 g/mol. The number of methoxy groups -OCH3 is 1. The SMILES string of the molecule is CO[C@H](C)c1nsc(N(CCc2ccccc2F)C2CCCC2)n1. The van der Waals surface area contributed by atoms with E-state index in [0.717, 1.165) is 23.1 Å². The zero-order chi connectivity index (χ0) is 16.9. The molecule has 1 aliphatic rings. The van der Waals surface area contributed by atoms with Crippen LogP contribution in [0.1, 0.15) is 50.1 Å². The lowest BCUT2D eigenvalue weighted by atomic mass is 10.1. The number of hydrogen-bond acceptors (Lipinski definition) is 5. The first-order valence-electron chi connectivity index (χ1n) is 8.55. The number of aromatic nitrogens is 2. The Balaban J connectivity index is 1.76. The van der Waals surface area contributed by atoms with Gasteiger partial charge in [-0.3, -0.25) is 0 Å². The second-order valence-corrected chi connectivity index (χ2v) is 7.02. The van der Waals surface area contributed by atoms with E-state index in [-0.39, 0.29) is 11.9 Å². The summed E-state index contributed by atoms with van der Waals surface area (Å²) in [6, 6.07) is 7.49. The van der Waals surface area contributed by atoms with E-state index in [4.69, 9.17) is 4.74 Å². The Morgan fingerprint density at radius 1 is 1.33 bits per heavy atom. The van der Waals surface area contributed by atoms with Crippen LogP contribution in [0.5, 0.6) is 0 Å². The van der Waals surface area contributed by atoms with Crippen LogP contribution in [0.25, 0.3) is 0 Å². The molecule has 4 nitrogen and oxygen atoms in total. The first kappa shape index (κ1) is 17.3. The average Bonchev–Trinajstić information content (AvgIpc) is 3.28. The molecule has 24 heavy (non-hydrogen) atoms. The molecule has 0 spiro atoms. The van der Waals surface area contributed by atoms with Crippen molar-refractivity contribution < 1.29 is 9.13 Å². The normalized spacial score (nSPS) is 16.5. The van der Waals surface area contributed by atoms with Gasteiger partial charge in [-0.25, -0.2) is 9.37 Å². The number of rotatable bonds is 7. The van der Waals surface area contributed by atoms with E-state index in [1.807, 2.05) is 19.1 Å². The summed E-state index contributed by atoms with van der Waals surface area (Å²) in [7, 11) is 1.66. The molecule has 1 fully saturated rings.